The third-order valence-electron chi connectivity index (χ3n) is 3.77. The first-order valence-corrected chi connectivity index (χ1v) is 8.30. The van der Waals surface area contributed by atoms with Gasteiger partial charge >= 0.3 is 12.1 Å². The molecule has 1 unspecified atom stereocenters. The molecule has 1 saturated heterocycles. The molecule has 2 heterocycles. The molecule has 1 N–H and O–H groups in total. The second kappa shape index (κ2) is 7.58. The lowest BCUT2D eigenvalue weighted by Crippen LogP contribution is -2.39. The Kier molecular flexibility index (Phi) is 5.76. The highest BCUT2D eigenvalue weighted by molar-refractivity contribution is 7.10. The summed E-state index contributed by atoms with van der Waals surface area (Å²) in [5.74, 6) is -0.674. The zero-order valence-electron chi connectivity index (χ0n) is 12.5. The summed E-state index contributed by atoms with van der Waals surface area (Å²) < 4.78 is 18.1. The van der Waals surface area contributed by atoms with Gasteiger partial charge in [-0.1, -0.05) is 6.92 Å². The average molecular weight is 329 g/mol. The molecule has 1 amide bonds. The number of halogens is 1. The number of ether oxygens (including phenoxy) is 1. The van der Waals surface area contributed by atoms with E-state index in [0.717, 1.165) is 17.7 Å². The minimum absolute atomic E-state index is 0.218. The summed E-state index contributed by atoms with van der Waals surface area (Å²) in [5, 5.41) is 10.6. The Labute approximate surface area is 132 Å². The topological polar surface area (TPSA) is 66.8 Å². The van der Waals surface area contributed by atoms with Crippen molar-refractivity contribution in [3.8, 4) is 0 Å². The van der Waals surface area contributed by atoms with Crippen molar-refractivity contribution in [2.45, 2.75) is 44.9 Å². The lowest BCUT2D eigenvalue weighted by molar-refractivity contribution is -0.0138. The van der Waals surface area contributed by atoms with Gasteiger partial charge in [0, 0.05) is 29.8 Å². The third kappa shape index (κ3) is 4.19. The van der Waals surface area contributed by atoms with Crippen molar-refractivity contribution < 1.29 is 23.8 Å². The summed E-state index contributed by atoms with van der Waals surface area (Å²) >= 11 is 1.44. The quantitative estimate of drug-likeness (QED) is 0.891. The Morgan fingerprint density at radius 3 is 2.73 bits per heavy atom. The van der Waals surface area contributed by atoms with Gasteiger partial charge in [0.05, 0.1) is 5.56 Å². The van der Waals surface area contributed by atoms with Crippen molar-refractivity contribution in [2.75, 3.05) is 13.1 Å². The number of rotatable bonds is 5. The van der Waals surface area contributed by atoms with Gasteiger partial charge in [0.2, 0.25) is 6.36 Å². The average Bonchev–Trinajstić information content (AvgIpc) is 2.97. The molecule has 5 nitrogen and oxygen atoms in total. The molecule has 1 fully saturated rings. The van der Waals surface area contributed by atoms with Gasteiger partial charge in [0.15, 0.2) is 0 Å². The molecule has 0 saturated carbocycles. The first-order chi connectivity index (χ1) is 10.5. The number of nitrogens with zero attached hydrogens (tertiary/aromatic N) is 1. The molecule has 1 aliphatic heterocycles. The van der Waals surface area contributed by atoms with E-state index in [4.69, 9.17) is 9.84 Å². The van der Waals surface area contributed by atoms with E-state index >= 15 is 0 Å². The SMILES string of the molecule is CCCC(F)OC(=O)N1CCC(c2cc(C(=O)O)cs2)CC1. The maximum Gasteiger partial charge on any atom is 0.412 e. The first-order valence-electron chi connectivity index (χ1n) is 7.42. The van der Waals surface area contributed by atoms with Crippen LogP contribution in [0.3, 0.4) is 0 Å². The fourth-order valence-electron chi connectivity index (χ4n) is 2.50. The number of alkyl halides is 1. The molecular weight excluding hydrogens is 309 g/mol. The molecule has 1 aromatic rings. The molecule has 22 heavy (non-hydrogen) atoms. The monoisotopic (exact) mass is 329 g/mol. The Morgan fingerprint density at radius 2 is 2.18 bits per heavy atom. The highest BCUT2D eigenvalue weighted by atomic mass is 32.1. The summed E-state index contributed by atoms with van der Waals surface area (Å²) in [6, 6.07) is 1.70. The van der Waals surface area contributed by atoms with Crippen LogP contribution in [0.15, 0.2) is 11.4 Å². The van der Waals surface area contributed by atoms with E-state index < -0.39 is 18.4 Å². The second-order valence-corrected chi connectivity index (χ2v) is 6.33. The van der Waals surface area contributed by atoms with Gasteiger partial charge < -0.3 is 14.7 Å². The summed E-state index contributed by atoms with van der Waals surface area (Å²) in [6.07, 6.45) is 0.178. The number of hydrogen-bond donors (Lipinski definition) is 1. The third-order valence-corrected chi connectivity index (χ3v) is 4.86. The Morgan fingerprint density at radius 1 is 1.50 bits per heavy atom. The lowest BCUT2D eigenvalue weighted by Gasteiger charge is -2.31. The fraction of sp³-hybridized carbons (Fsp3) is 0.600. The molecule has 122 valence electrons. The van der Waals surface area contributed by atoms with Crippen molar-refractivity contribution in [3.05, 3.63) is 21.9 Å². The van der Waals surface area contributed by atoms with Crippen LogP contribution in [0.2, 0.25) is 0 Å². The molecule has 1 atom stereocenters. The smallest absolute Gasteiger partial charge is 0.412 e. The van der Waals surface area contributed by atoms with E-state index in [1.807, 2.05) is 6.92 Å². The van der Waals surface area contributed by atoms with E-state index in [-0.39, 0.29) is 12.3 Å². The minimum atomic E-state index is -1.54. The van der Waals surface area contributed by atoms with Crippen LogP contribution < -0.4 is 0 Å². The number of piperidine rings is 1. The van der Waals surface area contributed by atoms with Gasteiger partial charge in [0.25, 0.3) is 0 Å². The molecular formula is C15H20FNO4S. The molecule has 0 aliphatic carbocycles. The number of carbonyl (C=O) groups is 2. The Hall–Kier alpha value is -1.63. The van der Waals surface area contributed by atoms with Crippen molar-refractivity contribution in [1.29, 1.82) is 0 Å². The molecule has 7 heteroatoms. The summed E-state index contributed by atoms with van der Waals surface area (Å²) in [7, 11) is 0. The van der Waals surface area contributed by atoms with Crippen molar-refractivity contribution >= 4 is 23.4 Å². The van der Waals surface area contributed by atoms with Crippen molar-refractivity contribution in [2.24, 2.45) is 0 Å². The lowest BCUT2D eigenvalue weighted by atomic mass is 9.95. The Bertz CT molecular complexity index is 525. The number of likely N-dealkylation sites (tertiary alicyclic amines) is 1. The first kappa shape index (κ1) is 16.7. The van der Waals surface area contributed by atoms with Gasteiger partial charge in [-0.05, 0) is 31.2 Å². The van der Waals surface area contributed by atoms with Crippen LogP contribution in [-0.2, 0) is 4.74 Å². The van der Waals surface area contributed by atoms with E-state index in [2.05, 4.69) is 0 Å². The Balaban J connectivity index is 1.84. The summed E-state index contributed by atoms with van der Waals surface area (Å²) in [5.41, 5.74) is 0.307. The van der Waals surface area contributed by atoms with Gasteiger partial charge in [-0.3, -0.25) is 0 Å². The van der Waals surface area contributed by atoms with E-state index in [9.17, 15) is 14.0 Å². The number of carbonyl (C=O) groups excluding carboxylic acids is 1. The number of hydrogen-bond acceptors (Lipinski definition) is 4. The van der Waals surface area contributed by atoms with Gasteiger partial charge in [0.1, 0.15) is 0 Å². The molecule has 1 aromatic heterocycles. The predicted octanol–water partition coefficient (Wildman–Crippen LogP) is 3.86. The molecule has 0 spiro atoms. The predicted molar refractivity (Wildman–Crippen MR) is 81.1 cm³/mol. The van der Waals surface area contributed by atoms with Gasteiger partial charge in [-0.25, -0.2) is 14.0 Å². The standard InChI is InChI=1S/C15H20FNO4S/c1-2-3-13(16)21-15(20)17-6-4-10(5-7-17)12-8-11(9-22-12)14(18)19/h8-10,13H,2-7H2,1H3,(H,18,19). The highest BCUT2D eigenvalue weighted by Gasteiger charge is 2.27. The van der Waals surface area contributed by atoms with Crippen LogP contribution >= 0.6 is 11.3 Å². The second-order valence-electron chi connectivity index (χ2n) is 5.39. The zero-order valence-corrected chi connectivity index (χ0v) is 13.3. The number of carboxylic acid groups (broad SMARTS) is 1. The van der Waals surface area contributed by atoms with Crippen LogP contribution in [-0.4, -0.2) is 41.5 Å². The normalized spacial score (nSPS) is 17.3. The van der Waals surface area contributed by atoms with Crippen LogP contribution in [0.4, 0.5) is 9.18 Å². The molecule has 1 aliphatic rings. The number of thiophene rings is 1. The molecule has 0 aromatic carbocycles. The van der Waals surface area contributed by atoms with Crippen molar-refractivity contribution in [1.82, 2.24) is 4.90 Å². The van der Waals surface area contributed by atoms with Crippen LogP contribution in [0.5, 0.6) is 0 Å². The minimum Gasteiger partial charge on any atom is -0.478 e. The maximum absolute atomic E-state index is 13.3. The zero-order chi connectivity index (χ0) is 16.1. The highest BCUT2D eigenvalue weighted by Crippen LogP contribution is 2.32. The molecule has 0 radical (unpaired) electrons. The van der Waals surface area contributed by atoms with E-state index in [1.54, 1.807) is 11.4 Å². The van der Waals surface area contributed by atoms with E-state index in [0.29, 0.717) is 25.1 Å². The van der Waals surface area contributed by atoms with Crippen LogP contribution in [0.25, 0.3) is 0 Å². The summed E-state index contributed by atoms with van der Waals surface area (Å²) in [6.45, 7) is 2.84. The summed E-state index contributed by atoms with van der Waals surface area (Å²) in [4.78, 5) is 25.3. The number of amides is 1. The van der Waals surface area contributed by atoms with Gasteiger partial charge in [-0.2, -0.15) is 0 Å². The fourth-order valence-corrected chi connectivity index (χ4v) is 3.55. The van der Waals surface area contributed by atoms with Crippen LogP contribution in [0, 0.1) is 0 Å². The number of carboxylic acids is 1. The molecule has 0 bridgehead atoms. The maximum atomic E-state index is 13.3. The largest absolute Gasteiger partial charge is 0.478 e. The van der Waals surface area contributed by atoms with Crippen LogP contribution in [0.1, 0.15) is 53.8 Å². The molecule has 2 rings (SSSR count). The number of aromatic carboxylic acids is 1. The van der Waals surface area contributed by atoms with Crippen molar-refractivity contribution in [3.63, 3.8) is 0 Å². The van der Waals surface area contributed by atoms with Gasteiger partial charge in [-0.15, -0.1) is 11.3 Å². The van der Waals surface area contributed by atoms with E-state index in [1.165, 1.54) is 16.2 Å².